The lowest BCUT2D eigenvalue weighted by Gasteiger charge is -2.18. The number of hydrogen-bond acceptors (Lipinski definition) is 5. The zero-order chi connectivity index (χ0) is 23.3. The van der Waals surface area contributed by atoms with Gasteiger partial charge in [-0.25, -0.2) is 4.98 Å². The highest BCUT2D eigenvalue weighted by Gasteiger charge is 2.22. The van der Waals surface area contributed by atoms with E-state index >= 15 is 0 Å². The Morgan fingerprint density at radius 2 is 1.72 bits per heavy atom. The van der Waals surface area contributed by atoms with E-state index in [4.69, 9.17) is 21.1 Å². The number of amides is 1. The molecule has 0 radical (unpaired) electrons. The van der Waals surface area contributed by atoms with Crippen LogP contribution in [0.5, 0.6) is 11.5 Å². The summed E-state index contributed by atoms with van der Waals surface area (Å²) >= 11 is 6.06. The molecule has 3 rings (SSSR count). The van der Waals surface area contributed by atoms with E-state index in [0.717, 1.165) is 5.56 Å². The molecule has 1 heterocycles. The molecule has 2 N–H and O–H groups in total. The number of methoxy groups -OCH3 is 2. The van der Waals surface area contributed by atoms with Crippen molar-refractivity contribution < 1.29 is 24.2 Å². The van der Waals surface area contributed by atoms with E-state index in [-0.39, 0.29) is 12.1 Å². The first-order valence-corrected chi connectivity index (χ1v) is 10.2. The normalized spacial score (nSPS) is 11.5. The summed E-state index contributed by atoms with van der Waals surface area (Å²) in [5.41, 5.74) is 2.84. The molecule has 0 saturated carbocycles. The van der Waals surface area contributed by atoms with Crippen LogP contribution in [0.15, 0.2) is 54.6 Å². The second-order valence-corrected chi connectivity index (χ2v) is 7.56. The Kier molecular flexibility index (Phi) is 7.33. The molecule has 2 aromatic carbocycles. The first kappa shape index (κ1) is 23.1. The molecule has 0 spiro atoms. The molecule has 0 unspecified atom stereocenters. The number of pyridine rings is 1. The Morgan fingerprint density at radius 3 is 2.34 bits per heavy atom. The summed E-state index contributed by atoms with van der Waals surface area (Å²) in [6, 6.07) is 14.8. The van der Waals surface area contributed by atoms with Crippen molar-refractivity contribution >= 4 is 23.5 Å². The van der Waals surface area contributed by atoms with Crippen LogP contribution in [0.2, 0.25) is 5.02 Å². The fraction of sp³-hybridized carbons (Fsp3) is 0.208. The lowest BCUT2D eigenvalue weighted by Crippen LogP contribution is -2.31. The third-order valence-corrected chi connectivity index (χ3v) is 5.13. The molecule has 3 aromatic rings. The van der Waals surface area contributed by atoms with Gasteiger partial charge in [-0.15, -0.1) is 0 Å². The Hall–Kier alpha value is -3.58. The van der Waals surface area contributed by atoms with Gasteiger partial charge < -0.3 is 19.9 Å². The number of aryl methyl sites for hydroxylation is 1. The lowest BCUT2D eigenvalue weighted by molar-refractivity contribution is -0.137. The highest BCUT2D eigenvalue weighted by molar-refractivity contribution is 6.30. The predicted octanol–water partition coefficient (Wildman–Crippen LogP) is 4.67. The monoisotopic (exact) mass is 454 g/mol. The molecule has 1 aromatic heterocycles. The summed E-state index contributed by atoms with van der Waals surface area (Å²) in [4.78, 5) is 28.9. The number of carbonyl (C=O) groups excluding carboxylic acids is 1. The van der Waals surface area contributed by atoms with Crippen molar-refractivity contribution in [2.75, 3.05) is 14.2 Å². The first-order valence-electron chi connectivity index (χ1n) is 9.80. The fourth-order valence-electron chi connectivity index (χ4n) is 3.25. The van der Waals surface area contributed by atoms with Gasteiger partial charge in [0.1, 0.15) is 22.9 Å². The molecule has 0 aliphatic rings. The third kappa shape index (κ3) is 5.36. The van der Waals surface area contributed by atoms with Gasteiger partial charge in [0.05, 0.1) is 26.7 Å². The van der Waals surface area contributed by atoms with Crippen LogP contribution in [0.1, 0.15) is 34.1 Å². The number of carboxylic acid groups (broad SMARTS) is 1. The Bertz CT molecular complexity index is 1130. The van der Waals surface area contributed by atoms with E-state index in [0.29, 0.717) is 33.3 Å². The average Bonchev–Trinajstić information content (AvgIpc) is 2.78. The van der Waals surface area contributed by atoms with Crippen LogP contribution in [-0.4, -0.2) is 36.2 Å². The van der Waals surface area contributed by atoms with Gasteiger partial charge in [-0.1, -0.05) is 41.4 Å². The summed E-state index contributed by atoms with van der Waals surface area (Å²) in [7, 11) is 3.01. The second-order valence-electron chi connectivity index (χ2n) is 7.13. The molecule has 32 heavy (non-hydrogen) atoms. The summed E-state index contributed by atoms with van der Waals surface area (Å²) < 4.78 is 10.8. The number of carbonyl (C=O) groups is 2. The van der Waals surface area contributed by atoms with E-state index in [1.165, 1.54) is 20.3 Å². The number of benzene rings is 2. The van der Waals surface area contributed by atoms with Crippen molar-refractivity contribution in [3.8, 4) is 22.8 Å². The van der Waals surface area contributed by atoms with Crippen LogP contribution < -0.4 is 14.8 Å². The quantitative estimate of drug-likeness (QED) is 0.513. The van der Waals surface area contributed by atoms with Crippen molar-refractivity contribution in [1.82, 2.24) is 10.3 Å². The van der Waals surface area contributed by atoms with Gasteiger partial charge in [0, 0.05) is 10.6 Å². The van der Waals surface area contributed by atoms with E-state index in [2.05, 4.69) is 10.3 Å². The van der Waals surface area contributed by atoms with Crippen molar-refractivity contribution in [2.24, 2.45) is 0 Å². The molecule has 8 heteroatoms. The minimum atomic E-state index is -1.02. The molecule has 0 bridgehead atoms. The van der Waals surface area contributed by atoms with Gasteiger partial charge in [-0.05, 0) is 42.8 Å². The molecule has 0 saturated heterocycles. The maximum Gasteiger partial charge on any atom is 0.305 e. The number of nitrogens with zero attached hydrogens (tertiary/aromatic N) is 1. The molecule has 7 nitrogen and oxygen atoms in total. The molecule has 0 fully saturated rings. The smallest absolute Gasteiger partial charge is 0.305 e. The fourth-order valence-corrected chi connectivity index (χ4v) is 3.41. The highest BCUT2D eigenvalue weighted by Crippen LogP contribution is 2.36. The maximum absolute atomic E-state index is 13.0. The van der Waals surface area contributed by atoms with Gasteiger partial charge >= 0.3 is 5.97 Å². The Labute approximate surface area is 191 Å². The molecule has 0 aliphatic carbocycles. The van der Waals surface area contributed by atoms with Crippen LogP contribution in [0.3, 0.4) is 0 Å². The van der Waals surface area contributed by atoms with Crippen LogP contribution in [0.25, 0.3) is 11.3 Å². The standard InChI is InChI=1S/C24H23ClN2O5/c1-14-4-6-15(7-5-14)19(13-22(28)29)27-24(30)18-10-11-20(31-2)23(26-18)17-9-8-16(25)12-21(17)32-3/h4-12,19H,13H2,1-3H3,(H,27,30)(H,28,29)/t19-/m0/s1. The zero-order valence-electron chi connectivity index (χ0n) is 17.9. The Balaban J connectivity index is 1.96. The van der Waals surface area contributed by atoms with Crippen LogP contribution >= 0.6 is 11.6 Å². The molecule has 1 atom stereocenters. The average molecular weight is 455 g/mol. The number of rotatable bonds is 8. The second kappa shape index (κ2) is 10.2. The van der Waals surface area contributed by atoms with Gasteiger partial charge in [-0.2, -0.15) is 0 Å². The first-order chi connectivity index (χ1) is 15.3. The lowest BCUT2D eigenvalue weighted by atomic mass is 10.0. The SMILES string of the molecule is COc1cc(Cl)ccc1-c1nc(C(=O)N[C@@H](CC(=O)O)c2ccc(C)cc2)ccc1OC. The number of aliphatic carboxylic acids is 1. The minimum absolute atomic E-state index is 0.111. The molecule has 1 amide bonds. The van der Waals surface area contributed by atoms with Gasteiger partial charge in [0.2, 0.25) is 0 Å². The molecular weight excluding hydrogens is 432 g/mol. The molecule has 0 aliphatic heterocycles. The van der Waals surface area contributed by atoms with Crippen LogP contribution in [0.4, 0.5) is 0 Å². The maximum atomic E-state index is 13.0. The number of nitrogens with one attached hydrogen (secondary N) is 1. The largest absolute Gasteiger partial charge is 0.496 e. The summed E-state index contributed by atoms with van der Waals surface area (Å²) in [6.07, 6.45) is -0.261. The topological polar surface area (TPSA) is 97.8 Å². The number of carboxylic acids is 1. The zero-order valence-corrected chi connectivity index (χ0v) is 18.6. The number of hydrogen-bond donors (Lipinski definition) is 2. The number of aromatic nitrogens is 1. The number of halogens is 1. The van der Waals surface area contributed by atoms with Gasteiger partial charge in [-0.3, -0.25) is 9.59 Å². The number of ether oxygens (including phenoxy) is 2. The molecular formula is C24H23ClN2O5. The molecule has 166 valence electrons. The van der Waals surface area contributed by atoms with E-state index < -0.39 is 17.9 Å². The van der Waals surface area contributed by atoms with Gasteiger partial charge in [0.25, 0.3) is 5.91 Å². The van der Waals surface area contributed by atoms with Gasteiger partial charge in [0.15, 0.2) is 0 Å². The minimum Gasteiger partial charge on any atom is -0.496 e. The Morgan fingerprint density at radius 1 is 1.03 bits per heavy atom. The van der Waals surface area contributed by atoms with Crippen molar-refractivity contribution in [3.63, 3.8) is 0 Å². The van der Waals surface area contributed by atoms with E-state index in [1.807, 2.05) is 19.1 Å². The van der Waals surface area contributed by atoms with E-state index in [1.54, 1.807) is 36.4 Å². The predicted molar refractivity (Wildman–Crippen MR) is 121 cm³/mol. The van der Waals surface area contributed by atoms with E-state index in [9.17, 15) is 14.7 Å². The van der Waals surface area contributed by atoms with Crippen LogP contribution in [-0.2, 0) is 4.79 Å². The summed E-state index contributed by atoms with van der Waals surface area (Å²) in [5, 5.41) is 12.6. The van der Waals surface area contributed by atoms with Crippen molar-refractivity contribution in [3.05, 3.63) is 76.4 Å². The van der Waals surface area contributed by atoms with Crippen molar-refractivity contribution in [1.29, 1.82) is 0 Å². The van der Waals surface area contributed by atoms with Crippen molar-refractivity contribution in [2.45, 2.75) is 19.4 Å². The highest BCUT2D eigenvalue weighted by atomic mass is 35.5. The summed E-state index contributed by atoms with van der Waals surface area (Å²) in [6.45, 7) is 1.93. The third-order valence-electron chi connectivity index (χ3n) is 4.89. The van der Waals surface area contributed by atoms with Crippen LogP contribution in [0, 0.1) is 6.92 Å². The summed E-state index contributed by atoms with van der Waals surface area (Å²) in [5.74, 6) is -0.606.